The molecule has 1 amide bonds. The number of halogens is 1. The van der Waals surface area contributed by atoms with Crippen molar-refractivity contribution in [1.82, 2.24) is 0 Å². The average molecular weight is 340 g/mol. The Hall–Kier alpha value is -2.13. The van der Waals surface area contributed by atoms with Gasteiger partial charge in [-0.15, -0.1) is 0 Å². The molecule has 3 aromatic carbocycles. The zero-order chi connectivity index (χ0) is 14.7. The second-order valence-electron chi connectivity index (χ2n) is 4.85. The van der Waals surface area contributed by atoms with E-state index in [4.69, 9.17) is 0 Å². The SMILES string of the molecule is O=C(Nc1ccc(CBr)cc1)c1ccc2ccccc2c1. The Bertz CT molecular complexity index is 781. The molecule has 0 fully saturated rings. The van der Waals surface area contributed by atoms with Crippen molar-refractivity contribution in [1.29, 1.82) is 0 Å². The standard InChI is InChI=1S/C18H14BrNO/c19-12-13-5-9-17(10-6-13)20-18(21)16-8-7-14-3-1-2-4-15(14)11-16/h1-11H,12H2,(H,20,21). The van der Waals surface area contributed by atoms with Gasteiger partial charge in [-0.25, -0.2) is 0 Å². The molecule has 0 atom stereocenters. The Kier molecular flexibility index (Phi) is 4.02. The first-order chi connectivity index (χ1) is 10.3. The van der Waals surface area contributed by atoms with Crippen molar-refractivity contribution >= 4 is 38.3 Å². The van der Waals surface area contributed by atoms with Crippen LogP contribution in [0.15, 0.2) is 66.7 Å². The van der Waals surface area contributed by atoms with Crippen molar-refractivity contribution in [3.05, 3.63) is 77.9 Å². The summed E-state index contributed by atoms with van der Waals surface area (Å²) in [6.45, 7) is 0. The summed E-state index contributed by atoms with van der Waals surface area (Å²) in [6, 6.07) is 21.6. The smallest absolute Gasteiger partial charge is 0.255 e. The molecule has 0 radical (unpaired) electrons. The average Bonchev–Trinajstić information content (AvgIpc) is 2.55. The molecule has 0 bridgehead atoms. The van der Waals surface area contributed by atoms with E-state index < -0.39 is 0 Å². The first-order valence-electron chi connectivity index (χ1n) is 6.71. The molecular weight excluding hydrogens is 326 g/mol. The molecule has 21 heavy (non-hydrogen) atoms. The fourth-order valence-corrected chi connectivity index (χ4v) is 2.58. The van der Waals surface area contributed by atoms with E-state index in [1.807, 2.05) is 66.7 Å². The molecule has 0 heterocycles. The van der Waals surface area contributed by atoms with Gasteiger partial charge < -0.3 is 5.32 Å². The molecule has 0 unspecified atom stereocenters. The number of nitrogens with one attached hydrogen (secondary N) is 1. The highest BCUT2D eigenvalue weighted by atomic mass is 79.9. The molecule has 0 spiro atoms. The number of carbonyl (C=O) groups excluding carboxylic acids is 1. The lowest BCUT2D eigenvalue weighted by molar-refractivity contribution is 0.102. The normalized spacial score (nSPS) is 10.5. The zero-order valence-corrected chi connectivity index (χ0v) is 12.9. The molecule has 0 aliphatic heterocycles. The number of carbonyl (C=O) groups is 1. The third kappa shape index (κ3) is 3.14. The monoisotopic (exact) mass is 339 g/mol. The fraction of sp³-hybridized carbons (Fsp3) is 0.0556. The van der Waals surface area contributed by atoms with Gasteiger partial charge in [0.25, 0.3) is 5.91 Å². The highest BCUT2D eigenvalue weighted by Gasteiger charge is 2.06. The van der Waals surface area contributed by atoms with E-state index in [0.29, 0.717) is 5.56 Å². The molecule has 3 aromatic rings. The van der Waals surface area contributed by atoms with Crippen molar-refractivity contribution < 1.29 is 4.79 Å². The lowest BCUT2D eigenvalue weighted by Crippen LogP contribution is -2.11. The summed E-state index contributed by atoms with van der Waals surface area (Å²) in [4.78, 5) is 12.3. The topological polar surface area (TPSA) is 29.1 Å². The van der Waals surface area contributed by atoms with Gasteiger partial charge in [-0.1, -0.05) is 58.4 Å². The van der Waals surface area contributed by atoms with Crippen LogP contribution in [0.1, 0.15) is 15.9 Å². The van der Waals surface area contributed by atoms with Crippen molar-refractivity contribution in [2.24, 2.45) is 0 Å². The minimum absolute atomic E-state index is 0.0904. The van der Waals surface area contributed by atoms with Gasteiger partial charge in [-0.3, -0.25) is 4.79 Å². The third-order valence-corrected chi connectivity index (χ3v) is 4.03. The fourth-order valence-electron chi connectivity index (χ4n) is 2.21. The summed E-state index contributed by atoms with van der Waals surface area (Å²) >= 11 is 3.41. The Morgan fingerprint density at radius 3 is 2.33 bits per heavy atom. The summed E-state index contributed by atoms with van der Waals surface area (Å²) in [5, 5.41) is 5.94. The van der Waals surface area contributed by atoms with E-state index in [1.54, 1.807) is 0 Å². The number of hydrogen-bond donors (Lipinski definition) is 1. The molecule has 0 aromatic heterocycles. The summed E-state index contributed by atoms with van der Waals surface area (Å²) in [5.41, 5.74) is 2.65. The van der Waals surface area contributed by atoms with Crippen LogP contribution in [-0.4, -0.2) is 5.91 Å². The summed E-state index contributed by atoms with van der Waals surface area (Å²) in [6.07, 6.45) is 0. The van der Waals surface area contributed by atoms with Gasteiger partial charge in [0, 0.05) is 16.6 Å². The van der Waals surface area contributed by atoms with Gasteiger partial charge in [0.05, 0.1) is 0 Å². The number of amides is 1. The molecule has 0 saturated carbocycles. The lowest BCUT2D eigenvalue weighted by atomic mass is 10.1. The van der Waals surface area contributed by atoms with Gasteiger partial charge in [-0.2, -0.15) is 0 Å². The number of fused-ring (bicyclic) bond motifs is 1. The van der Waals surface area contributed by atoms with Crippen LogP contribution in [0, 0.1) is 0 Å². The van der Waals surface area contributed by atoms with E-state index in [-0.39, 0.29) is 5.91 Å². The second-order valence-corrected chi connectivity index (χ2v) is 5.41. The largest absolute Gasteiger partial charge is 0.322 e. The number of rotatable bonds is 3. The lowest BCUT2D eigenvalue weighted by Gasteiger charge is -2.07. The molecule has 1 N–H and O–H groups in total. The summed E-state index contributed by atoms with van der Waals surface area (Å²) < 4.78 is 0. The van der Waals surface area contributed by atoms with Crippen LogP contribution in [0.5, 0.6) is 0 Å². The van der Waals surface area contributed by atoms with Crippen molar-refractivity contribution in [3.8, 4) is 0 Å². The molecule has 0 aliphatic carbocycles. The molecule has 104 valence electrons. The highest BCUT2D eigenvalue weighted by Crippen LogP contribution is 2.17. The molecule has 0 aliphatic rings. The number of hydrogen-bond acceptors (Lipinski definition) is 1. The maximum atomic E-state index is 12.3. The molecule has 3 rings (SSSR count). The van der Waals surface area contributed by atoms with Crippen LogP contribution < -0.4 is 5.32 Å². The van der Waals surface area contributed by atoms with E-state index in [1.165, 1.54) is 5.56 Å². The van der Waals surface area contributed by atoms with Crippen molar-refractivity contribution in [2.45, 2.75) is 5.33 Å². The Morgan fingerprint density at radius 2 is 1.62 bits per heavy atom. The van der Waals surface area contributed by atoms with Gasteiger partial charge in [-0.05, 0) is 40.6 Å². The van der Waals surface area contributed by atoms with E-state index in [9.17, 15) is 4.79 Å². The predicted octanol–water partition coefficient (Wildman–Crippen LogP) is 4.99. The van der Waals surface area contributed by atoms with E-state index >= 15 is 0 Å². The van der Waals surface area contributed by atoms with Crippen LogP contribution in [0.4, 0.5) is 5.69 Å². The van der Waals surface area contributed by atoms with Crippen LogP contribution in [0.2, 0.25) is 0 Å². The maximum absolute atomic E-state index is 12.3. The van der Waals surface area contributed by atoms with Gasteiger partial charge >= 0.3 is 0 Å². The van der Waals surface area contributed by atoms with Crippen LogP contribution in [0.3, 0.4) is 0 Å². The minimum Gasteiger partial charge on any atom is -0.322 e. The summed E-state index contributed by atoms with van der Waals surface area (Å²) in [7, 11) is 0. The molecule has 0 saturated heterocycles. The molecule has 2 nitrogen and oxygen atoms in total. The van der Waals surface area contributed by atoms with Crippen molar-refractivity contribution in [2.75, 3.05) is 5.32 Å². The third-order valence-electron chi connectivity index (χ3n) is 3.38. The predicted molar refractivity (Wildman–Crippen MR) is 91.0 cm³/mol. The molecular formula is C18H14BrNO. The minimum atomic E-state index is -0.0904. The Balaban J connectivity index is 1.82. The van der Waals surface area contributed by atoms with Crippen LogP contribution in [0.25, 0.3) is 10.8 Å². The number of alkyl halides is 1. The molecule has 3 heteroatoms. The first kappa shape index (κ1) is 13.8. The second kappa shape index (κ2) is 6.10. The van der Waals surface area contributed by atoms with E-state index in [2.05, 4.69) is 21.2 Å². The Labute approximate surface area is 131 Å². The number of benzene rings is 3. The summed E-state index contributed by atoms with van der Waals surface area (Å²) in [5.74, 6) is -0.0904. The van der Waals surface area contributed by atoms with Crippen LogP contribution >= 0.6 is 15.9 Å². The highest BCUT2D eigenvalue weighted by molar-refractivity contribution is 9.08. The van der Waals surface area contributed by atoms with Gasteiger partial charge in [0.15, 0.2) is 0 Å². The van der Waals surface area contributed by atoms with Crippen LogP contribution in [-0.2, 0) is 5.33 Å². The van der Waals surface area contributed by atoms with E-state index in [0.717, 1.165) is 21.8 Å². The zero-order valence-electron chi connectivity index (χ0n) is 11.3. The van der Waals surface area contributed by atoms with Gasteiger partial charge in [0.1, 0.15) is 0 Å². The Morgan fingerprint density at radius 1 is 0.905 bits per heavy atom. The first-order valence-corrected chi connectivity index (χ1v) is 7.83. The maximum Gasteiger partial charge on any atom is 0.255 e. The number of anilines is 1. The van der Waals surface area contributed by atoms with Gasteiger partial charge in [0.2, 0.25) is 0 Å². The quantitative estimate of drug-likeness (QED) is 0.669. The van der Waals surface area contributed by atoms with Crippen molar-refractivity contribution in [3.63, 3.8) is 0 Å².